The Bertz CT molecular complexity index is 1490. The first-order valence-electron chi connectivity index (χ1n) is 10.8. The first-order chi connectivity index (χ1) is 17.1. The number of hydrogen-bond acceptors (Lipinski definition) is 5. The molecule has 1 aliphatic rings. The van der Waals surface area contributed by atoms with Crippen molar-refractivity contribution >= 4 is 23.0 Å². The van der Waals surface area contributed by atoms with Crippen molar-refractivity contribution in [3.63, 3.8) is 0 Å². The average Bonchev–Trinajstić information content (AvgIpc) is 3.32. The summed E-state index contributed by atoms with van der Waals surface area (Å²) in [5.41, 5.74) is 1.66. The average molecular weight is 481 g/mol. The molecule has 0 N–H and O–H groups in total. The SMILES string of the molecule is COc1ccc(S(=O)(=O)N(B2Oc3ccccc3O2)c2ccccc2C#Cc2ccccc2)cc1. The minimum absolute atomic E-state index is 0.0623. The zero-order valence-corrected chi connectivity index (χ0v) is 19.6. The molecule has 8 heteroatoms. The normalized spacial score (nSPS) is 12.0. The number of ether oxygens (including phenoxy) is 1. The molecule has 0 amide bonds. The van der Waals surface area contributed by atoms with E-state index in [2.05, 4.69) is 11.8 Å². The summed E-state index contributed by atoms with van der Waals surface area (Å²) >= 11 is 0. The summed E-state index contributed by atoms with van der Waals surface area (Å²) in [4.78, 5) is 0.0623. The molecule has 0 aliphatic carbocycles. The predicted molar refractivity (Wildman–Crippen MR) is 135 cm³/mol. The van der Waals surface area contributed by atoms with Crippen LogP contribution in [0.15, 0.2) is 108 Å². The van der Waals surface area contributed by atoms with E-state index in [1.165, 1.54) is 19.2 Å². The molecule has 0 fully saturated rings. The second-order valence-corrected chi connectivity index (χ2v) is 9.41. The Morgan fingerprint density at radius 1 is 0.743 bits per heavy atom. The molecule has 6 nitrogen and oxygen atoms in total. The van der Waals surface area contributed by atoms with Gasteiger partial charge in [-0.2, -0.15) is 0 Å². The van der Waals surface area contributed by atoms with Gasteiger partial charge in [0.15, 0.2) is 0 Å². The fourth-order valence-electron chi connectivity index (χ4n) is 3.63. The van der Waals surface area contributed by atoms with Gasteiger partial charge in [-0.25, -0.2) is 12.6 Å². The summed E-state index contributed by atoms with van der Waals surface area (Å²) in [7, 11) is -3.85. The lowest BCUT2D eigenvalue weighted by Crippen LogP contribution is -2.50. The molecule has 1 heterocycles. The Morgan fingerprint density at radius 3 is 2.00 bits per heavy atom. The molecule has 0 bridgehead atoms. The zero-order chi connectivity index (χ0) is 24.3. The van der Waals surface area contributed by atoms with Crippen molar-refractivity contribution in [2.45, 2.75) is 4.90 Å². The lowest BCUT2D eigenvalue weighted by atomic mass is 10.1. The van der Waals surface area contributed by atoms with Crippen LogP contribution in [0, 0.1) is 11.8 Å². The number of nitrogens with zero attached hydrogens (tertiary/aromatic N) is 1. The number of methoxy groups -OCH3 is 1. The molecule has 0 atom stereocenters. The van der Waals surface area contributed by atoms with E-state index in [1.807, 2.05) is 36.4 Å². The van der Waals surface area contributed by atoms with E-state index >= 15 is 0 Å². The second kappa shape index (κ2) is 9.49. The van der Waals surface area contributed by atoms with E-state index in [0.29, 0.717) is 28.5 Å². The molecule has 0 radical (unpaired) electrons. The summed E-state index contributed by atoms with van der Waals surface area (Å²) in [6.07, 6.45) is 0. The third kappa shape index (κ3) is 4.54. The molecule has 1 aliphatic heterocycles. The van der Waals surface area contributed by atoms with Crippen LogP contribution in [0.2, 0.25) is 0 Å². The van der Waals surface area contributed by atoms with Crippen molar-refractivity contribution < 1.29 is 22.5 Å². The number of sulfonamides is 1. The van der Waals surface area contributed by atoms with Gasteiger partial charge in [-0.15, -0.1) is 0 Å². The number of anilines is 1. The van der Waals surface area contributed by atoms with Gasteiger partial charge in [0.1, 0.15) is 17.2 Å². The van der Waals surface area contributed by atoms with Gasteiger partial charge in [0.05, 0.1) is 17.7 Å². The molecule has 0 aromatic heterocycles. The molecule has 0 spiro atoms. The summed E-state index contributed by atoms with van der Waals surface area (Å²) in [5.74, 6) is 7.67. The fourth-order valence-corrected chi connectivity index (χ4v) is 5.07. The highest BCUT2D eigenvalue weighted by molar-refractivity contribution is 7.94. The maximum Gasteiger partial charge on any atom is 0.753 e. The molecule has 0 saturated heterocycles. The third-order valence-electron chi connectivity index (χ3n) is 5.37. The highest BCUT2D eigenvalue weighted by Crippen LogP contribution is 2.37. The summed E-state index contributed by atoms with van der Waals surface area (Å²) < 4.78 is 46.2. The van der Waals surface area contributed by atoms with Crippen LogP contribution in [-0.2, 0) is 10.0 Å². The van der Waals surface area contributed by atoms with Gasteiger partial charge in [-0.1, -0.05) is 54.3 Å². The van der Waals surface area contributed by atoms with Crippen molar-refractivity contribution in [3.05, 3.63) is 114 Å². The Hall–Kier alpha value is -4.35. The molecular weight excluding hydrogens is 461 g/mol. The minimum atomic E-state index is -4.13. The lowest BCUT2D eigenvalue weighted by Gasteiger charge is -2.26. The molecule has 4 aromatic rings. The van der Waals surface area contributed by atoms with Crippen LogP contribution < -0.4 is 18.3 Å². The quantitative estimate of drug-likeness (QED) is 0.304. The van der Waals surface area contributed by atoms with E-state index in [-0.39, 0.29) is 4.90 Å². The minimum Gasteiger partial charge on any atom is -0.503 e. The third-order valence-corrected chi connectivity index (χ3v) is 7.12. The standard InChI is InChI=1S/C27H20BNO5S/c1-32-23-17-19-24(20-18-23)35(30,31)29(28-33-26-13-7-8-14-27(26)34-28)25-12-6-5-11-22(25)16-15-21-9-3-2-4-10-21/h2-14,17-20H,1H3. The molecule has 4 aromatic carbocycles. The summed E-state index contributed by atoms with van der Waals surface area (Å²) in [6, 6.07) is 29.7. The maximum absolute atomic E-state index is 14.0. The van der Waals surface area contributed by atoms with Crippen LogP contribution in [-0.4, -0.2) is 22.8 Å². The first-order valence-corrected chi connectivity index (χ1v) is 12.3. The van der Waals surface area contributed by atoms with Crippen molar-refractivity contribution in [2.24, 2.45) is 0 Å². The Morgan fingerprint density at radius 2 is 1.34 bits per heavy atom. The van der Waals surface area contributed by atoms with E-state index in [9.17, 15) is 8.42 Å². The van der Waals surface area contributed by atoms with Crippen LogP contribution in [0.4, 0.5) is 5.69 Å². The molecule has 0 saturated carbocycles. The highest BCUT2D eigenvalue weighted by Gasteiger charge is 2.47. The topological polar surface area (TPSA) is 65.1 Å². The number of para-hydroxylation sites is 3. The smallest absolute Gasteiger partial charge is 0.503 e. The molecule has 35 heavy (non-hydrogen) atoms. The van der Waals surface area contributed by atoms with Gasteiger partial charge >= 0.3 is 7.25 Å². The molecule has 5 rings (SSSR count). The molecule has 0 unspecified atom stereocenters. The van der Waals surface area contributed by atoms with Crippen molar-refractivity contribution in [1.82, 2.24) is 0 Å². The van der Waals surface area contributed by atoms with Gasteiger partial charge in [-0.3, -0.25) is 0 Å². The van der Waals surface area contributed by atoms with E-state index in [4.69, 9.17) is 14.0 Å². The molecule has 172 valence electrons. The van der Waals surface area contributed by atoms with E-state index in [0.717, 1.165) is 9.78 Å². The monoisotopic (exact) mass is 481 g/mol. The first kappa shape index (κ1) is 22.4. The Balaban J connectivity index is 1.62. The van der Waals surface area contributed by atoms with Crippen molar-refractivity contribution in [2.75, 3.05) is 11.3 Å². The van der Waals surface area contributed by atoms with Crippen LogP contribution in [0.3, 0.4) is 0 Å². The fraction of sp³-hybridized carbons (Fsp3) is 0.0370. The van der Waals surface area contributed by atoms with Crippen molar-refractivity contribution in [1.29, 1.82) is 0 Å². The second-order valence-electron chi connectivity index (χ2n) is 7.60. The lowest BCUT2D eigenvalue weighted by molar-refractivity contribution is 0.414. The summed E-state index contributed by atoms with van der Waals surface area (Å²) in [6.45, 7) is 0. The zero-order valence-electron chi connectivity index (χ0n) is 18.8. The van der Waals surface area contributed by atoms with Crippen LogP contribution in [0.5, 0.6) is 17.2 Å². The number of rotatable bonds is 5. The van der Waals surface area contributed by atoms with E-state index in [1.54, 1.807) is 54.6 Å². The number of benzene rings is 4. The summed E-state index contributed by atoms with van der Waals surface area (Å²) in [5, 5.41) is 0. The number of hydrogen-bond donors (Lipinski definition) is 0. The largest absolute Gasteiger partial charge is 0.753 e. The molecular formula is C27H20BNO5S. The Labute approximate surface area is 204 Å². The number of fused-ring (bicyclic) bond motifs is 1. The van der Waals surface area contributed by atoms with Crippen molar-refractivity contribution in [3.8, 4) is 29.1 Å². The highest BCUT2D eigenvalue weighted by atomic mass is 32.2. The van der Waals surface area contributed by atoms with Crippen LogP contribution >= 0.6 is 0 Å². The van der Waals surface area contributed by atoms with Gasteiger partial charge in [0.25, 0.3) is 10.0 Å². The maximum atomic E-state index is 14.0. The van der Waals surface area contributed by atoms with E-state index < -0.39 is 17.3 Å². The van der Waals surface area contributed by atoms with Gasteiger partial charge in [0, 0.05) is 11.1 Å². The van der Waals surface area contributed by atoms with Gasteiger partial charge in [0.2, 0.25) is 0 Å². The van der Waals surface area contributed by atoms with Gasteiger partial charge in [-0.05, 0) is 60.7 Å². The predicted octanol–water partition coefficient (Wildman–Crippen LogP) is 4.75. The van der Waals surface area contributed by atoms with Crippen LogP contribution in [0.1, 0.15) is 11.1 Å². The van der Waals surface area contributed by atoms with Crippen LogP contribution in [0.25, 0.3) is 0 Å². The van der Waals surface area contributed by atoms with Gasteiger partial charge < -0.3 is 14.0 Å². The Kier molecular flexibility index (Phi) is 6.09.